The van der Waals surface area contributed by atoms with E-state index in [1.165, 1.54) is 25.7 Å². The van der Waals surface area contributed by atoms with Crippen LogP contribution in [0.5, 0.6) is 0 Å². The van der Waals surface area contributed by atoms with E-state index in [-0.39, 0.29) is 17.4 Å². The fourth-order valence-corrected chi connectivity index (χ4v) is 2.54. The molecular formula is C18H25N3OS. The molecule has 0 aliphatic rings. The molecule has 0 heterocycles. The van der Waals surface area contributed by atoms with E-state index in [2.05, 4.69) is 13.0 Å². The summed E-state index contributed by atoms with van der Waals surface area (Å²) in [4.78, 5) is 13.8. The number of nitrogens with two attached hydrogens (primary N) is 1. The summed E-state index contributed by atoms with van der Waals surface area (Å²) in [6.07, 6.45) is 7.50. The summed E-state index contributed by atoms with van der Waals surface area (Å²) in [5.74, 6) is 0.137. The molecule has 0 bridgehead atoms. The maximum atomic E-state index is 12.1. The number of hydrogen-bond donors (Lipinski definition) is 1. The molecule has 0 saturated heterocycles. The van der Waals surface area contributed by atoms with Crippen molar-refractivity contribution in [1.29, 1.82) is 5.26 Å². The molecule has 0 aliphatic carbocycles. The predicted octanol–water partition coefficient (Wildman–Crippen LogP) is 3.93. The van der Waals surface area contributed by atoms with Crippen LogP contribution < -0.4 is 10.6 Å². The molecule has 2 N–H and O–H groups in total. The Hall–Kier alpha value is -1.93. The lowest BCUT2D eigenvalue weighted by molar-refractivity contribution is -0.117. The summed E-state index contributed by atoms with van der Waals surface area (Å²) < 4.78 is 0. The van der Waals surface area contributed by atoms with Crippen molar-refractivity contribution >= 4 is 28.8 Å². The van der Waals surface area contributed by atoms with E-state index in [4.69, 9.17) is 23.2 Å². The lowest BCUT2D eigenvalue weighted by atomic mass is 10.1. The summed E-state index contributed by atoms with van der Waals surface area (Å²) in [6, 6.07) is 8.97. The Morgan fingerprint density at radius 3 is 2.35 bits per heavy atom. The molecule has 23 heavy (non-hydrogen) atoms. The van der Waals surface area contributed by atoms with E-state index in [1.54, 1.807) is 29.2 Å². The Labute approximate surface area is 144 Å². The van der Waals surface area contributed by atoms with Crippen molar-refractivity contribution < 1.29 is 4.79 Å². The molecule has 0 amide bonds. The topological polar surface area (TPSA) is 70.1 Å². The summed E-state index contributed by atoms with van der Waals surface area (Å²) in [5, 5.41) is 9.00. The Kier molecular flexibility index (Phi) is 8.93. The average molecular weight is 331 g/mol. The number of carbonyl (C=O) groups excluding carboxylic acids is 1. The average Bonchev–Trinajstić information content (AvgIpc) is 2.55. The SMILES string of the molecule is CCCCCCCCC(=O)CN(C(N)=S)c1ccc(C#N)cc1. The zero-order chi connectivity index (χ0) is 17.1. The summed E-state index contributed by atoms with van der Waals surface area (Å²) in [6.45, 7) is 2.38. The molecule has 0 aliphatic heterocycles. The lowest BCUT2D eigenvalue weighted by Gasteiger charge is -2.22. The second-order valence-corrected chi connectivity index (χ2v) is 6.06. The molecule has 0 unspecified atom stereocenters. The molecule has 0 saturated carbocycles. The van der Waals surface area contributed by atoms with E-state index in [0.717, 1.165) is 18.5 Å². The number of nitriles is 1. The molecule has 0 spiro atoms. The molecular weight excluding hydrogens is 306 g/mol. The number of ketones is 1. The van der Waals surface area contributed by atoms with Crippen LogP contribution in [-0.2, 0) is 4.79 Å². The van der Waals surface area contributed by atoms with Gasteiger partial charge in [-0.1, -0.05) is 39.0 Å². The Bertz CT molecular complexity index is 548. The van der Waals surface area contributed by atoms with Gasteiger partial charge in [0, 0.05) is 12.1 Å². The van der Waals surface area contributed by atoms with Gasteiger partial charge < -0.3 is 10.6 Å². The van der Waals surface area contributed by atoms with Gasteiger partial charge >= 0.3 is 0 Å². The van der Waals surface area contributed by atoms with Gasteiger partial charge in [-0.15, -0.1) is 0 Å². The quantitative estimate of drug-likeness (QED) is 0.519. The second kappa shape index (κ2) is 10.7. The highest BCUT2D eigenvalue weighted by atomic mass is 32.1. The lowest BCUT2D eigenvalue weighted by Crippen LogP contribution is -2.39. The molecule has 0 atom stereocenters. The minimum Gasteiger partial charge on any atom is -0.376 e. The summed E-state index contributed by atoms with van der Waals surface area (Å²) in [7, 11) is 0. The van der Waals surface area contributed by atoms with Gasteiger partial charge in [0.2, 0.25) is 0 Å². The van der Waals surface area contributed by atoms with Crippen LogP contribution in [0.2, 0.25) is 0 Å². The van der Waals surface area contributed by atoms with Crippen LogP contribution in [0.25, 0.3) is 0 Å². The number of nitrogens with zero attached hydrogens (tertiary/aromatic N) is 2. The van der Waals surface area contributed by atoms with Crippen molar-refractivity contribution in [1.82, 2.24) is 0 Å². The van der Waals surface area contributed by atoms with Crippen LogP contribution in [-0.4, -0.2) is 17.4 Å². The first-order valence-corrected chi connectivity index (χ1v) is 8.58. The first kappa shape index (κ1) is 19.1. The minimum atomic E-state index is 0.137. The number of anilines is 1. The highest BCUT2D eigenvalue weighted by molar-refractivity contribution is 7.80. The fraction of sp³-hybridized carbons (Fsp3) is 0.500. The molecule has 0 fully saturated rings. The van der Waals surface area contributed by atoms with Gasteiger partial charge in [-0.05, 0) is 42.9 Å². The summed E-state index contributed by atoms with van der Waals surface area (Å²) in [5.41, 5.74) is 7.05. The highest BCUT2D eigenvalue weighted by Gasteiger charge is 2.14. The third-order valence-corrected chi connectivity index (χ3v) is 3.94. The van der Waals surface area contributed by atoms with E-state index in [0.29, 0.717) is 12.0 Å². The normalized spacial score (nSPS) is 10.1. The largest absolute Gasteiger partial charge is 0.376 e. The third kappa shape index (κ3) is 7.25. The Balaban J connectivity index is 2.47. The number of thiocarbonyl (C=S) groups is 1. The molecule has 5 heteroatoms. The maximum Gasteiger partial charge on any atom is 0.171 e. The number of unbranched alkanes of at least 4 members (excludes halogenated alkanes) is 5. The van der Waals surface area contributed by atoms with Crippen molar-refractivity contribution in [3.05, 3.63) is 29.8 Å². The molecule has 1 aromatic rings. The van der Waals surface area contributed by atoms with Crippen molar-refractivity contribution in [2.45, 2.75) is 51.9 Å². The van der Waals surface area contributed by atoms with Crippen molar-refractivity contribution in [3.63, 3.8) is 0 Å². The van der Waals surface area contributed by atoms with Crippen molar-refractivity contribution in [3.8, 4) is 6.07 Å². The predicted molar refractivity (Wildman–Crippen MR) is 98.3 cm³/mol. The van der Waals surface area contributed by atoms with Gasteiger partial charge in [0.1, 0.15) is 0 Å². The molecule has 124 valence electrons. The molecule has 0 radical (unpaired) electrons. The number of Topliss-reactive ketones (excluding diaryl/α,β-unsaturated/α-hetero) is 1. The Morgan fingerprint density at radius 1 is 1.17 bits per heavy atom. The second-order valence-electron chi connectivity index (χ2n) is 5.64. The van der Waals surface area contributed by atoms with E-state index in [1.807, 2.05) is 0 Å². The van der Waals surface area contributed by atoms with Crippen LogP contribution in [0.1, 0.15) is 57.4 Å². The molecule has 0 aromatic heterocycles. The highest BCUT2D eigenvalue weighted by Crippen LogP contribution is 2.16. The van der Waals surface area contributed by atoms with E-state index >= 15 is 0 Å². The monoisotopic (exact) mass is 331 g/mol. The van der Waals surface area contributed by atoms with Gasteiger partial charge in [-0.25, -0.2) is 0 Å². The van der Waals surface area contributed by atoms with Gasteiger partial charge in [0.05, 0.1) is 18.2 Å². The van der Waals surface area contributed by atoms with Gasteiger partial charge in [0.25, 0.3) is 0 Å². The van der Waals surface area contributed by atoms with E-state index < -0.39 is 0 Å². The Morgan fingerprint density at radius 2 is 1.78 bits per heavy atom. The summed E-state index contributed by atoms with van der Waals surface area (Å²) >= 11 is 5.05. The van der Waals surface area contributed by atoms with Gasteiger partial charge in [-0.3, -0.25) is 4.79 Å². The van der Waals surface area contributed by atoms with Crippen molar-refractivity contribution in [2.75, 3.05) is 11.4 Å². The minimum absolute atomic E-state index is 0.137. The number of hydrogen-bond acceptors (Lipinski definition) is 3. The zero-order valence-corrected chi connectivity index (χ0v) is 14.6. The van der Waals surface area contributed by atoms with Crippen LogP contribution in [0.3, 0.4) is 0 Å². The van der Waals surface area contributed by atoms with Gasteiger partial charge in [-0.2, -0.15) is 5.26 Å². The standard InChI is InChI=1S/C18H25N3OS/c1-2-3-4-5-6-7-8-17(22)14-21(18(20)23)16-11-9-15(13-19)10-12-16/h9-12H,2-8,14H2,1H3,(H2,20,23). The van der Waals surface area contributed by atoms with Crippen LogP contribution in [0.4, 0.5) is 5.69 Å². The van der Waals surface area contributed by atoms with Gasteiger partial charge in [0.15, 0.2) is 10.9 Å². The number of carbonyl (C=O) groups is 1. The van der Waals surface area contributed by atoms with Crippen molar-refractivity contribution in [2.24, 2.45) is 5.73 Å². The maximum absolute atomic E-state index is 12.1. The molecule has 4 nitrogen and oxygen atoms in total. The fourth-order valence-electron chi connectivity index (χ4n) is 2.37. The van der Waals surface area contributed by atoms with Crippen LogP contribution in [0.15, 0.2) is 24.3 Å². The molecule has 1 aromatic carbocycles. The smallest absolute Gasteiger partial charge is 0.171 e. The number of rotatable bonds is 10. The first-order valence-electron chi connectivity index (χ1n) is 8.17. The van der Waals surface area contributed by atoms with Crippen LogP contribution >= 0.6 is 12.2 Å². The molecule has 1 rings (SSSR count). The third-order valence-electron chi connectivity index (χ3n) is 3.72. The number of benzene rings is 1. The first-order chi connectivity index (χ1) is 11.1. The van der Waals surface area contributed by atoms with Crippen LogP contribution in [0, 0.1) is 11.3 Å². The zero-order valence-electron chi connectivity index (χ0n) is 13.8. The van der Waals surface area contributed by atoms with E-state index in [9.17, 15) is 4.79 Å².